The third-order valence-electron chi connectivity index (χ3n) is 1.79. The van der Waals surface area contributed by atoms with E-state index in [0.29, 0.717) is 11.8 Å². The molecule has 1 unspecified atom stereocenters. The molecule has 0 heterocycles. The van der Waals surface area contributed by atoms with Gasteiger partial charge in [-0.25, -0.2) is 0 Å². The van der Waals surface area contributed by atoms with Crippen molar-refractivity contribution in [2.45, 2.75) is 25.1 Å². The van der Waals surface area contributed by atoms with E-state index in [1.807, 2.05) is 13.0 Å². The van der Waals surface area contributed by atoms with Crippen LogP contribution in [0, 0.1) is 0 Å². The van der Waals surface area contributed by atoms with Crippen molar-refractivity contribution in [1.29, 1.82) is 0 Å². The summed E-state index contributed by atoms with van der Waals surface area (Å²) in [6.45, 7) is 5.73. The molecule has 0 N–H and O–H groups in total. The van der Waals surface area contributed by atoms with E-state index in [1.165, 1.54) is 0 Å². The largest absolute Gasteiger partial charge is 0.122 e. The molecule has 0 rings (SSSR count). The molecule has 0 radical (unpaired) electrons. The lowest BCUT2D eigenvalue weighted by Gasteiger charge is -2.09. The molecule has 0 aliphatic heterocycles. The summed E-state index contributed by atoms with van der Waals surface area (Å²) in [4.78, 5) is 0. The Bertz CT molecular complexity index is 185. The molecule has 0 spiro atoms. The summed E-state index contributed by atoms with van der Waals surface area (Å²) >= 11 is 17.3. The van der Waals surface area contributed by atoms with E-state index < -0.39 is 0 Å². The summed E-state index contributed by atoms with van der Waals surface area (Å²) in [6.07, 6.45) is 3.72. The molecule has 3 heteroatoms. The first-order valence-corrected chi connectivity index (χ1v) is 5.71. The van der Waals surface area contributed by atoms with E-state index in [1.54, 1.807) is 0 Å². The van der Waals surface area contributed by atoms with Gasteiger partial charge in [0, 0.05) is 11.8 Å². The second kappa shape index (κ2) is 7.73. The summed E-state index contributed by atoms with van der Waals surface area (Å²) < 4.78 is 0. The highest BCUT2D eigenvalue weighted by Crippen LogP contribution is 2.17. The molecule has 0 aliphatic carbocycles. The Hall–Kier alpha value is 0.350. The van der Waals surface area contributed by atoms with Crippen LogP contribution in [-0.2, 0) is 0 Å². The molecule has 0 aromatic carbocycles. The number of allylic oxidation sites excluding steroid dienone is 3. The number of halogens is 3. The average Bonchev–Trinajstić information content (AvgIpc) is 2.11. The zero-order valence-corrected chi connectivity index (χ0v) is 10.1. The topological polar surface area (TPSA) is 0 Å². The van der Waals surface area contributed by atoms with E-state index in [9.17, 15) is 0 Å². The molecule has 0 aromatic heterocycles. The van der Waals surface area contributed by atoms with Crippen LogP contribution in [-0.4, -0.2) is 17.1 Å². The Balaban J connectivity index is 3.85. The summed E-state index contributed by atoms with van der Waals surface area (Å²) in [5.41, 5.74) is 2.16. The Labute approximate surface area is 95.6 Å². The fourth-order valence-corrected chi connectivity index (χ4v) is 1.46. The first-order chi connectivity index (χ1) is 6.11. The van der Waals surface area contributed by atoms with Crippen LogP contribution in [0.25, 0.3) is 0 Å². The summed E-state index contributed by atoms with van der Waals surface area (Å²) in [7, 11) is 0. The lowest BCUT2D eigenvalue weighted by Crippen LogP contribution is -2.00. The van der Waals surface area contributed by atoms with Gasteiger partial charge >= 0.3 is 0 Å². The second-order valence-electron chi connectivity index (χ2n) is 3.00. The number of hydrogen-bond donors (Lipinski definition) is 0. The maximum Gasteiger partial charge on any atom is 0.0543 e. The van der Waals surface area contributed by atoms with Gasteiger partial charge in [-0.05, 0) is 19.8 Å². The Morgan fingerprint density at radius 3 is 2.46 bits per heavy atom. The fourth-order valence-electron chi connectivity index (χ4n) is 0.891. The minimum atomic E-state index is 0.0435. The standard InChI is InChI=1S/C10H15Cl3/c1-8(2)10(13)4-3-9(7-12)5-6-11/h5,10H,1,3-4,6-7H2,2H3. The highest BCUT2D eigenvalue weighted by atomic mass is 35.5. The first kappa shape index (κ1) is 13.4. The molecule has 1 atom stereocenters. The van der Waals surface area contributed by atoms with Crippen LogP contribution in [0.2, 0.25) is 0 Å². The summed E-state index contributed by atoms with van der Waals surface area (Å²) in [6, 6.07) is 0. The van der Waals surface area contributed by atoms with Gasteiger partial charge in [-0.1, -0.05) is 23.8 Å². The number of alkyl halides is 3. The van der Waals surface area contributed by atoms with Gasteiger partial charge in [0.05, 0.1) is 5.38 Å². The van der Waals surface area contributed by atoms with Crippen LogP contribution in [0.4, 0.5) is 0 Å². The highest BCUT2D eigenvalue weighted by Gasteiger charge is 2.05. The average molecular weight is 242 g/mol. The predicted octanol–water partition coefficient (Wildman–Crippen LogP) is 4.35. The van der Waals surface area contributed by atoms with Gasteiger partial charge in [-0.3, -0.25) is 0 Å². The smallest absolute Gasteiger partial charge is 0.0543 e. The van der Waals surface area contributed by atoms with E-state index >= 15 is 0 Å². The van der Waals surface area contributed by atoms with Gasteiger partial charge in [0.1, 0.15) is 0 Å². The van der Waals surface area contributed by atoms with Crippen LogP contribution in [0.3, 0.4) is 0 Å². The van der Waals surface area contributed by atoms with Crippen molar-refractivity contribution in [3.63, 3.8) is 0 Å². The third kappa shape index (κ3) is 6.42. The van der Waals surface area contributed by atoms with Crippen LogP contribution >= 0.6 is 34.8 Å². The molecule has 0 fully saturated rings. The van der Waals surface area contributed by atoms with Crippen molar-refractivity contribution in [1.82, 2.24) is 0 Å². The van der Waals surface area contributed by atoms with Gasteiger partial charge in [-0.2, -0.15) is 0 Å². The van der Waals surface area contributed by atoms with Crippen LogP contribution in [0.15, 0.2) is 23.8 Å². The molecule has 13 heavy (non-hydrogen) atoms. The fraction of sp³-hybridized carbons (Fsp3) is 0.600. The monoisotopic (exact) mass is 240 g/mol. The van der Waals surface area contributed by atoms with Crippen LogP contribution in [0.5, 0.6) is 0 Å². The molecule has 0 saturated carbocycles. The van der Waals surface area contributed by atoms with E-state index in [0.717, 1.165) is 24.0 Å². The van der Waals surface area contributed by atoms with Crippen molar-refractivity contribution in [3.8, 4) is 0 Å². The minimum Gasteiger partial charge on any atom is -0.122 e. The van der Waals surface area contributed by atoms with E-state index in [4.69, 9.17) is 34.8 Å². The lowest BCUT2D eigenvalue weighted by molar-refractivity contribution is 0.812. The van der Waals surface area contributed by atoms with Crippen molar-refractivity contribution in [3.05, 3.63) is 23.8 Å². The maximum absolute atomic E-state index is 6.01. The normalized spacial score (nSPS) is 14.3. The predicted molar refractivity (Wildman–Crippen MR) is 63.2 cm³/mol. The Morgan fingerprint density at radius 1 is 1.46 bits per heavy atom. The van der Waals surface area contributed by atoms with Crippen LogP contribution in [0.1, 0.15) is 19.8 Å². The van der Waals surface area contributed by atoms with Gasteiger partial charge in [-0.15, -0.1) is 34.8 Å². The van der Waals surface area contributed by atoms with E-state index in [2.05, 4.69) is 6.58 Å². The lowest BCUT2D eigenvalue weighted by atomic mass is 10.1. The third-order valence-corrected chi connectivity index (χ3v) is 2.88. The zero-order chi connectivity index (χ0) is 10.3. The molecular weight excluding hydrogens is 226 g/mol. The van der Waals surface area contributed by atoms with Crippen molar-refractivity contribution >= 4 is 34.8 Å². The van der Waals surface area contributed by atoms with E-state index in [-0.39, 0.29) is 5.38 Å². The second-order valence-corrected chi connectivity index (χ2v) is 4.11. The van der Waals surface area contributed by atoms with Gasteiger partial charge < -0.3 is 0 Å². The van der Waals surface area contributed by atoms with Crippen molar-refractivity contribution < 1.29 is 0 Å². The number of rotatable bonds is 6. The molecule has 0 aliphatic rings. The molecule has 0 nitrogen and oxygen atoms in total. The Kier molecular flexibility index (Phi) is 7.93. The van der Waals surface area contributed by atoms with Crippen LogP contribution < -0.4 is 0 Å². The molecule has 0 bridgehead atoms. The molecule has 76 valence electrons. The summed E-state index contributed by atoms with van der Waals surface area (Å²) in [5.74, 6) is 1.05. The summed E-state index contributed by atoms with van der Waals surface area (Å²) in [5, 5.41) is 0.0435. The Morgan fingerprint density at radius 2 is 2.08 bits per heavy atom. The number of hydrogen-bond acceptors (Lipinski definition) is 0. The van der Waals surface area contributed by atoms with Gasteiger partial charge in [0.2, 0.25) is 0 Å². The van der Waals surface area contributed by atoms with Gasteiger partial charge in [0.15, 0.2) is 0 Å². The molecular formula is C10H15Cl3. The minimum absolute atomic E-state index is 0.0435. The highest BCUT2D eigenvalue weighted by molar-refractivity contribution is 6.22. The molecule has 0 aromatic rings. The van der Waals surface area contributed by atoms with Crippen molar-refractivity contribution in [2.75, 3.05) is 11.8 Å². The zero-order valence-electron chi connectivity index (χ0n) is 7.82. The SMILES string of the molecule is C=C(C)C(Cl)CCC(=CCCl)CCl. The van der Waals surface area contributed by atoms with Crippen molar-refractivity contribution in [2.24, 2.45) is 0 Å². The maximum atomic E-state index is 6.01. The van der Waals surface area contributed by atoms with Gasteiger partial charge in [0.25, 0.3) is 0 Å². The molecule has 0 saturated heterocycles. The molecule has 0 amide bonds. The first-order valence-electron chi connectivity index (χ1n) is 4.21. The quantitative estimate of drug-likeness (QED) is 0.479.